The van der Waals surface area contributed by atoms with Crippen LogP contribution >= 0.6 is 0 Å². The lowest BCUT2D eigenvalue weighted by atomic mass is 9.97. The number of hydrogen-bond acceptors (Lipinski definition) is 4. The number of rotatable bonds is 3. The van der Waals surface area contributed by atoms with E-state index in [0.29, 0.717) is 17.9 Å². The molecular formula is C14H18N2O3. The van der Waals surface area contributed by atoms with E-state index in [9.17, 15) is 4.79 Å². The second-order valence-electron chi connectivity index (χ2n) is 4.90. The Morgan fingerprint density at radius 1 is 1.26 bits per heavy atom. The number of carbonyl (C=O) groups excluding carboxylic acids is 1. The summed E-state index contributed by atoms with van der Waals surface area (Å²) < 4.78 is 10.6. The Kier molecular flexibility index (Phi) is 2.86. The van der Waals surface area contributed by atoms with E-state index in [0.717, 1.165) is 25.1 Å². The van der Waals surface area contributed by atoms with E-state index in [1.54, 1.807) is 14.2 Å². The van der Waals surface area contributed by atoms with Crippen LogP contribution in [0.5, 0.6) is 11.5 Å². The third kappa shape index (κ3) is 1.69. The van der Waals surface area contributed by atoms with Crippen molar-refractivity contribution in [2.24, 2.45) is 0 Å². The van der Waals surface area contributed by atoms with Gasteiger partial charge in [-0.2, -0.15) is 0 Å². The average Bonchev–Trinajstić information content (AvgIpc) is 3.00. The quantitative estimate of drug-likeness (QED) is 0.885. The van der Waals surface area contributed by atoms with Crippen molar-refractivity contribution < 1.29 is 14.3 Å². The van der Waals surface area contributed by atoms with Crippen LogP contribution in [0, 0.1) is 0 Å². The third-order valence-corrected chi connectivity index (χ3v) is 4.08. The highest BCUT2D eigenvalue weighted by molar-refractivity contribution is 5.80. The number of ether oxygens (including phenoxy) is 2. The Morgan fingerprint density at radius 3 is 2.79 bits per heavy atom. The van der Waals surface area contributed by atoms with Crippen molar-refractivity contribution in [1.29, 1.82) is 0 Å². The van der Waals surface area contributed by atoms with Crippen LogP contribution in [0.1, 0.15) is 18.4 Å². The minimum atomic E-state index is -0.351. The van der Waals surface area contributed by atoms with E-state index in [4.69, 9.17) is 9.47 Å². The zero-order valence-corrected chi connectivity index (χ0v) is 11.2. The van der Waals surface area contributed by atoms with Gasteiger partial charge in [0.1, 0.15) is 5.66 Å². The summed E-state index contributed by atoms with van der Waals surface area (Å²) in [5.74, 6) is 1.62. The Morgan fingerprint density at radius 2 is 2.05 bits per heavy atom. The molecule has 0 saturated carbocycles. The molecule has 0 bridgehead atoms. The second-order valence-corrected chi connectivity index (χ2v) is 4.90. The van der Waals surface area contributed by atoms with Gasteiger partial charge in [0.2, 0.25) is 5.91 Å². The molecule has 0 unspecified atom stereocenters. The minimum absolute atomic E-state index is 0.222. The van der Waals surface area contributed by atoms with Gasteiger partial charge < -0.3 is 14.4 Å². The molecule has 5 nitrogen and oxygen atoms in total. The highest BCUT2D eigenvalue weighted by Crippen LogP contribution is 2.42. The molecule has 1 N–H and O–H groups in total. The highest BCUT2D eigenvalue weighted by atomic mass is 16.5. The van der Waals surface area contributed by atoms with E-state index in [2.05, 4.69) is 5.32 Å². The average molecular weight is 262 g/mol. The fourth-order valence-corrected chi connectivity index (χ4v) is 3.14. The van der Waals surface area contributed by atoms with Crippen LogP contribution in [0.15, 0.2) is 18.2 Å². The lowest BCUT2D eigenvalue weighted by molar-refractivity contribution is -0.130. The molecule has 3 rings (SSSR count). The third-order valence-electron chi connectivity index (χ3n) is 4.08. The van der Waals surface area contributed by atoms with Gasteiger partial charge >= 0.3 is 0 Å². The van der Waals surface area contributed by atoms with Gasteiger partial charge in [-0.25, -0.2) is 0 Å². The maximum absolute atomic E-state index is 11.9. The molecule has 2 saturated heterocycles. The van der Waals surface area contributed by atoms with E-state index < -0.39 is 0 Å². The summed E-state index contributed by atoms with van der Waals surface area (Å²) in [7, 11) is 3.24. The lowest BCUT2D eigenvalue weighted by Gasteiger charge is -2.32. The first-order chi connectivity index (χ1) is 9.21. The van der Waals surface area contributed by atoms with Crippen LogP contribution in [0.4, 0.5) is 0 Å². The zero-order chi connectivity index (χ0) is 13.5. The van der Waals surface area contributed by atoms with Crippen molar-refractivity contribution in [2.75, 3.05) is 27.3 Å². The van der Waals surface area contributed by atoms with E-state index in [-0.39, 0.29) is 11.6 Å². The lowest BCUT2D eigenvalue weighted by Crippen LogP contribution is -2.45. The van der Waals surface area contributed by atoms with E-state index in [1.807, 2.05) is 23.1 Å². The number of hydrogen-bond donors (Lipinski definition) is 1. The molecule has 1 aromatic carbocycles. The van der Waals surface area contributed by atoms with Gasteiger partial charge in [-0.1, -0.05) is 6.07 Å². The first kappa shape index (κ1) is 12.3. The fourth-order valence-electron chi connectivity index (χ4n) is 3.14. The Balaban J connectivity index is 2.04. The largest absolute Gasteiger partial charge is 0.493 e. The summed E-state index contributed by atoms with van der Waals surface area (Å²) >= 11 is 0. The summed E-state index contributed by atoms with van der Waals surface area (Å²) in [4.78, 5) is 13.9. The molecule has 0 radical (unpaired) electrons. The maximum atomic E-state index is 11.9. The van der Waals surface area contributed by atoms with Crippen molar-refractivity contribution in [3.63, 3.8) is 0 Å². The highest BCUT2D eigenvalue weighted by Gasteiger charge is 2.49. The molecule has 0 aliphatic carbocycles. The van der Waals surface area contributed by atoms with Gasteiger partial charge in [0.25, 0.3) is 0 Å². The van der Waals surface area contributed by atoms with Gasteiger partial charge in [-0.15, -0.1) is 0 Å². The molecule has 0 aromatic heterocycles. The predicted octanol–water partition coefficient (Wildman–Crippen LogP) is 1.08. The van der Waals surface area contributed by atoms with E-state index in [1.165, 1.54) is 0 Å². The number of amides is 1. The molecule has 2 aliphatic heterocycles. The van der Waals surface area contributed by atoms with Crippen LogP contribution in [-0.2, 0) is 10.5 Å². The van der Waals surface area contributed by atoms with Crippen LogP contribution in [0.3, 0.4) is 0 Å². The molecular weight excluding hydrogens is 244 g/mol. The summed E-state index contributed by atoms with van der Waals surface area (Å²) in [6.07, 6.45) is 1.41. The number of benzene rings is 1. The molecule has 2 fully saturated rings. The topological polar surface area (TPSA) is 50.8 Å². The summed E-state index contributed by atoms with van der Waals surface area (Å²) in [6.45, 7) is 1.60. The first-order valence-electron chi connectivity index (χ1n) is 6.49. The molecule has 102 valence electrons. The SMILES string of the molecule is COc1ccc([C@@]23CCC(=O)N2CCN3)cc1OC. The molecule has 2 heterocycles. The van der Waals surface area contributed by atoms with Crippen molar-refractivity contribution in [1.82, 2.24) is 10.2 Å². The van der Waals surface area contributed by atoms with Crippen LogP contribution in [0.25, 0.3) is 0 Å². The fraction of sp³-hybridized carbons (Fsp3) is 0.500. The smallest absolute Gasteiger partial charge is 0.224 e. The van der Waals surface area contributed by atoms with Gasteiger partial charge in [-0.05, 0) is 24.1 Å². The van der Waals surface area contributed by atoms with Gasteiger partial charge in [0.05, 0.1) is 14.2 Å². The number of methoxy groups -OCH3 is 2. The number of nitrogens with zero attached hydrogens (tertiary/aromatic N) is 1. The van der Waals surface area contributed by atoms with Crippen LogP contribution in [-0.4, -0.2) is 38.1 Å². The minimum Gasteiger partial charge on any atom is -0.493 e. The van der Waals surface area contributed by atoms with Crippen molar-refractivity contribution in [2.45, 2.75) is 18.5 Å². The van der Waals surface area contributed by atoms with Crippen LogP contribution in [0.2, 0.25) is 0 Å². The zero-order valence-electron chi connectivity index (χ0n) is 11.2. The Labute approximate surface area is 112 Å². The van der Waals surface area contributed by atoms with Crippen LogP contribution < -0.4 is 14.8 Å². The number of fused-ring (bicyclic) bond motifs is 1. The number of nitrogens with one attached hydrogen (secondary N) is 1. The normalized spacial score (nSPS) is 25.6. The molecule has 1 atom stereocenters. The molecule has 1 aromatic rings. The van der Waals surface area contributed by atoms with Gasteiger partial charge in [0, 0.05) is 19.5 Å². The van der Waals surface area contributed by atoms with Crippen molar-refractivity contribution in [3.05, 3.63) is 23.8 Å². The second kappa shape index (κ2) is 4.42. The van der Waals surface area contributed by atoms with Crippen molar-refractivity contribution >= 4 is 5.91 Å². The number of carbonyl (C=O) groups is 1. The molecule has 19 heavy (non-hydrogen) atoms. The standard InChI is InChI=1S/C14H18N2O3/c1-18-11-4-3-10(9-12(11)19-2)14-6-5-13(17)16(14)8-7-15-14/h3-4,9,15H,5-8H2,1-2H3/t14-/m1/s1. The molecule has 5 heteroatoms. The van der Waals surface area contributed by atoms with E-state index >= 15 is 0 Å². The maximum Gasteiger partial charge on any atom is 0.224 e. The molecule has 2 aliphatic rings. The first-order valence-corrected chi connectivity index (χ1v) is 6.49. The Hall–Kier alpha value is -1.75. The molecule has 0 spiro atoms. The van der Waals surface area contributed by atoms with Gasteiger partial charge in [0.15, 0.2) is 11.5 Å². The monoisotopic (exact) mass is 262 g/mol. The summed E-state index contributed by atoms with van der Waals surface area (Å²) in [5, 5.41) is 3.48. The Bertz CT molecular complexity index is 517. The molecule has 1 amide bonds. The van der Waals surface area contributed by atoms with Gasteiger partial charge in [-0.3, -0.25) is 10.1 Å². The predicted molar refractivity (Wildman–Crippen MR) is 70.2 cm³/mol. The van der Waals surface area contributed by atoms with Crippen molar-refractivity contribution in [3.8, 4) is 11.5 Å². The summed E-state index contributed by atoms with van der Waals surface area (Å²) in [5.41, 5.74) is 0.713. The summed E-state index contributed by atoms with van der Waals surface area (Å²) in [6, 6.07) is 5.86.